The second-order valence-corrected chi connectivity index (χ2v) is 6.61. The minimum Gasteiger partial charge on any atom is -0.308 e. The van der Waals surface area contributed by atoms with Crippen molar-refractivity contribution in [2.45, 2.75) is 39.7 Å². The van der Waals surface area contributed by atoms with Crippen molar-refractivity contribution < 1.29 is 0 Å². The zero-order valence-corrected chi connectivity index (χ0v) is 13.6. The Morgan fingerprint density at radius 1 is 1.15 bits per heavy atom. The molecule has 0 aliphatic heterocycles. The number of hydrogen-bond donors (Lipinski definition) is 1. The summed E-state index contributed by atoms with van der Waals surface area (Å²) in [6.07, 6.45) is 0. The van der Waals surface area contributed by atoms with E-state index < -0.39 is 0 Å². The first-order valence-corrected chi connectivity index (χ1v) is 8.16. The van der Waals surface area contributed by atoms with E-state index in [-0.39, 0.29) is 0 Å². The first-order chi connectivity index (χ1) is 9.58. The summed E-state index contributed by atoms with van der Waals surface area (Å²) in [4.78, 5) is 4.56. The van der Waals surface area contributed by atoms with Gasteiger partial charge in [0.05, 0.1) is 6.04 Å². The van der Waals surface area contributed by atoms with Crippen LogP contribution in [0.1, 0.15) is 49.0 Å². The predicted molar refractivity (Wildman–Crippen MR) is 87.3 cm³/mol. The minimum atomic E-state index is 0.318. The van der Waals surface area contributed by atoms with Gasteiger partial charge in [-0.25, -0.2) is 4.98 Å². The molecule has 2 nitrogen and oxygen atoms in total. The Kier molecular flexibility index (Phi) is 5.32. The van der Waals surface area contributed by atoms with Gasteiger partial charge in [0.1, 0.15) is 5.01 Å². The van der Waals surface area contributed by atoms with Crippen LogP contribution in [0.3, 0.4) is 0 Å². The van der Waals surface area contributed by atoms with E-state index in [0.29, 0.717) is 17.9 Å². The number of aryl methyl sites for hydroxylation is 1. The molecule has 0 aliphatic carbocycles. The van der Waals surface area contributed by atoms with Crippen LogP contribution in [0.15, 0.2) is 35.7 Å². The molecule has 0 aliphatic rings. The van der Waals surface area contributed by atoms with E-state index in [1.54, 1.807) is 11.3 Å². The first kappa shape index (κ1) is 15.2. The fraction of sp³-hybridized carbons (Fsp3) is 0.471. The van der Waals surface area contributed by atoms with Gasteiger partial charge in [-0.15, -0.1) is 11.3 Å². The topological polar surface area (TPSA) is 24.9 Å². The third-order valence-electron chi connectivity index (χ3n) is 3.68. The Bertz CT molecular complexity index is 519. The van der Waals surface area contributed by atoms with Crippen molar-refractivity contribution in [3.8, 4) is 0 Å². The van der Waals surface area contributed by atoms with E-state index in [1.807, 2.05) is 6.92 Å². The van der Waals surface area contributed by atoms with Crippen LogP contribution in [0.25, 0.3) is 0 Å². The molecule has 0 saturated heterocycles. The molecule has 1 aromatic heterocycles. The molecule has 1 heterocycles. The smallest absolute Gasteiger partial charge is 0.110 e. The third-order valence-corrected chi connectivity index (χ3v) is 4.83. The van der Waals surface area contributed by atoms with Gasteiger partial charge in [0.15, 0.2) is 0 Å². The summed E-state index contributed by atoms with van der Waals surface area (Å²) in [7, 11) is 0. The van der Waals surface area contributed by atoms with Crippen molar-refractivity contribution in [1.82, 2.24) is 10.3 Å². The average molecular weight is 288 g/mol. The molecule has 2 aromatic rings. The van der Waals surface area contributed by atoms with Gasteiger partial charge in [-0.1, -0.05) is 44.2 Å². The molecule has 2 rings (SSSR count). The normalized spacial score (nSPS) is 14.4. The lowest BCUT2D eigenvalue weighted by Crippen LogP contribution is -2.27. The molecular weight excluding hydrogens is 264 g/mol. The lowest BCUT2D eigenvalue weighted by atomic mass is 9.88. The molecule has 2 atom stereocenters. The second kappa shape index (κ2) is 7.00. The van der Waals surface area contributed by atoms with Gasteiger partial charge in [0.2, 0.25) is 0 Å². The fourth-order valence-corrected chi connectivity index (χ4v) is 3.23. The molecule has 0 fully saturated rings. The summed E-state index contributed by atoms with van der Waals surface area (Å²) in [6.45, 7) is 9.81. The van der Waals surface area contributed by atoms with Crippen LogP contribution in [0, 0.1) is 12.8 Å². The number of thiazole rings is 1. The van der Waals surface area contributed by atoms with Crippen molar-refractivity contribution in [3.05, 3.63) is 52.0 Å². The third kappa shape index (κ3) is 3.90. The molecule has 1 N–H and O–H groups in total. The average Bonchev–Trinajstić information content (AvgIpc) is 2.86. The van der Waals surface area contributed by atoms with Gasteiger partial charge >= 0.3 is 0 Å². The molecule has 108 valence electrons. The number of nitrogens with zero attached hydrogens (tertiary/aromatic N) is 1. The monoisotopic (exact) mass is 288 g/mol. The van der Waals surface area contributed by atoms with E-state index in [1.165, 1.54) is 10.6 Å². The Hall–Kier alpha value is -1.19. The van der Waals surface area contributed by atoms with Gasteiger partial charge in [-0.05, 0) is 31.2 Å². The zero-order valence-electron chi connectivity index (χ0n) is 12.8. The van der Waals surface area contributed by atoms with Crippen LogP contribution in [0.2, 0.25) is 0 Å². The molecule has 2 unspecified atom stereocenters. The Balaban J connectivity index is 1.99. The molecule has 1 aromatic carbocycles. The number of hydrogen-bond acceptors (Lipinski definition) is 3. The Morgan fingerprint density at radius 3 is 2.40 bits per heavy atom. The van der Waals surface area contributed by atoms with Crippen molar-refractivity contribution in [1.29, 1.82) is 0 Å². The highest BCUT2D eigenvalue weighted by Crippen LogP contribution is 2.25. The number of benzene rings is 1. The van der Waals surface area contributed by atoms with Gasteiger partial charge in [-0.3, -0.25) is 0 Å². The molecule has 3 heteroatoms. The van der Waals surface area contributed by atoms with Gasteiger partial charge in [0.25, 0.3) is 0 Å². The van der Waals surface area contributed by atoms with E-state index >= 15 is 0 Å². The summed E-state index contributed by atoms with van der Waals surface area (Å²) in [5.41, 5.74) is 2.53. The summed E-state index contributed by atoms with van der Waals surface area (Å²) >= 11 is 1.74. The first-order valence-electron chi connectivity index (χ1n) is 7.28. The molecule has 0 saturated carbocycles. The van der Waals surface area contributed by atoms with Gasteiger partial charge < -0.3 is 5.32 Å². The molecule has 0 bridgehead atoms. The van der Waals surface area contributed by atoms with Crippen LogP contribution in [0.5, 0.6) is 0 Å². The maximum absolute atomic E-state index is 4.56. The summed E-state index contributed by atoms with van der Waals surface area (Å²) < 4.78 is 0. The highest BCUT2D eigenvalue weighted by atomic mass is 32.1. The number of rotatable bonds is 6. The largest absolute Gasteiger partial charge is 0.308 e. The van der Waals surface area contributed by atoms with E-state index in [2.05, 4.69) is 66.8 Å². The Morgan fingerprint density at radius 2 is 1.85 bits per heavy atom. The highest BCUT2D eigenvalue weighted by Gasteiger charge is 2.17. The maximum Gasteiger partial charge on any atom is 0.110 e. The molecule has 0 radical (unpaired) electrons. The van der Waals surface area contributed by atoms with Gasteiger partial charge in [-0.2, -0.15) is 0 Å². The predicted octanol–water partition coefficient (Wildman–Crippen LogP) is 4.54. The van der Waals surface area contributed by atoms with Crippen molar-refractivity contribution >= 4 is 11.3 Å². The maximum atomic E-state index is 4.56. The summed E-state index contributed by atoms with van der Waals surface area (Å²) in [6, 6.07) is 11.1. The van der Waals surface area contributed by atoms with Gasteiger partial charge in [0, 0.05) is 17.6 Å². The minimum absolute atomic E-state index is 0.318. The quantitative estimate of drug-likeness (QED) is 0.844. The highest BCUT2D eigenvalue weighted by molar-refractivity contribution is 7.09. The second-order valence-electron chi connectivity index (χ2n) is 5.72. The van der Waals surface area contributed by atoms with Crippen molar-refractivity contribution in [2.24, 2.45) is 5.92 Å². The van der Waals surface area contributed by atoms with Crippen molar-refractivity contribution in [2.75, 3.05) is 6.54 Å². The summed E-state index contributed by atoms with van der Waals surface area (Å²) in [5, 5.41) is 6.93. The van der Waals surface area contributed by atoms with Crippen LogP contribution in [-0.2, 0) is 0 Å². The number of nitrogens with one attached hydrogen (secondary N) is 1. The lowest BCUT2D eigenvalue weighted by molar-refractivity contribution is 0.435. The van der Waals surface area contributed by atoms with E-state index in [0.717, 1.165) is 12.2 Å². The van der Waals surface area contributed by atoms with Crippen LogP contribution in [0.4, 0.5) is 0 Å². The molecule has 20 heavy (non-hydrogen) atoms. The van der Waals surface area contributed by atoms with Crippen LogP contribution < -0.4 is 5.32 Å². The summed E-state index contributed by atoms with van der Waals surface area (Å²) in [5.74, 6) is 1.16. The molecular formula is C17H24N2S. The molecule has 0 amide bonds. The zero-order chi connectivity index (χ0) is 14.5. The fourth-order valence-electron chi connectivity index (χ4n) is 2.40. The standard InChI is InChI=1S/C17H24N2S/c1-12(2)16(15-8-6-5-7-9-15)10-18-14(4)17-19-13(3)11-20-17/h5-9,11-12,14,16,18H,10H2,1-4H3. The molecule has 0 spiro atoms. The SMILES string of the molecule is Cc1csc(C(C)NCC(c2ccccc2)C(C)C)n1. The Labute approximate surface area is 126 Å². The van der Waals surface area contributed by atoms with E-state index in [4.69, 9.17) is 0 Å². The number of aromatic nitrogens is 1. The van der Waals surface area contributed by atoms with Crippen LogP contribution >= 0.6 is 11.3 Å². The van der Waals surface area contributed by atoms with Crippen LogP contribution in [-0.4, -0.2) is 11.5 Å². The van der Waals surface area contributed by atoms with Crippen molar-refractivity contribution in [3.63, 3.8) is 0 Å². The van der Waals surface area contributed by atoms with E-state index in [9.17, 15) is 0 Å². The lowest BCUT2D eigenvalue weighted by Gasteiger charge is -2.23.